The van der Waals surface area contributed by atoms with Gasteiger partial charge in [0.1, 0.15) is 5.82 Å². The molecule has 0 unspecified atom stereocenters. The van der Waals surface area contributed by atoms with E-state index in [0.29, 0.717) is 55.7 Å². The highest BCUT2D eigenvalue weighted by Crippen LogP contribution is 2.41. The fourth-order valence-corrected chi connectivity index (χ4v) is 9.31. The molecule has 3 aliphatic rings. The first-order valence-electron chi connectivity index (χ1n) is 23.6. The van der Waals surface area contributed by atoms with Gasteiger partial charge in [-0.1, -0.05) is 45.7 Å². The van der Waals surface area contributed by atoms with Crippen molar-refractivity contribution in [1.82, 2.24) is 0 Å². The van der Waals surface area contributed by atoms with Gasteiger partial charge in [0.15, 0.2) is 0 Å². The quantitative estimate of drug-likeness (QED) is 0.125. The van der Waals surface area contributed by atoms with Gasteiger partial charge in [0.25, 0.3) is 17.7 Å². The summed E-state index contributed by atoms with van der Waals surface area (Å²) in [4.78, 5) is 42.0. The Labute approximate surface area is 439 Å². The molecule has 0 aromatic heterocycles. The van der Waals surface area contributed by atoms with Crippen molar-refractivity contribution in [2.75, 3.05) is 69.9 Å². The molecule has 75 heavy (non-hydrogen) atoms. The lowest BCUT2D eigenvalue weighted by Crippen LogP contribution is -2.23. The maximum Gasteiger partial charge on any atom is 0.418 e. The summed E-state index contributed by atoms with van der Waals surface area (Å²) in [5.41, 5.74) is -1.09. The summed E-state index contributed by atoms with van der Waals surface area (Å²) in [6.07, 6.45) is -8.41. The van der Waals surface area contributed by atoms with Crippen LogP contribution in [0.5, 0.6) is 0 Å². The number of nitrogens with zero attached hydrogens (tertiary/aromatic N) is 3. The molecule has 0 spiro atoms. The third-order valence-corrected chi connectivity index (χ3v) is 13.0. The second-order valence-corrected chi connectivity index (χ2v) is 19.0. The van der Waals surface area contributed by atoms with Gasteiger partial charge in [-0.05, 0) is 148 Å². The number of alkyl halides is 9. The van der Waals surface area contributed by atoms with Crippen LogP contribution in [0.1, 0.15) is 86.3 Å². The molecule has 9 rings (SSSR count). The zero-order valence-electron chi connectivity index (χ0n) is 39.7. The van der Waals surface area contributed by atoms with Crippen LogP contribution in [0.4, 0.5) is 78.0 Å². The highest BCUT2D eigenvalue weighted by Gasteiger charge is 2.39. The largest absolute Gasteiger partial charge is 0.418 e. The Kier molecular flexibility index (Phi) is 18.1. The van der Waals surface area contributed by atoms with E-state index in [-0.39, 0.29) is 39.4 Å². The van der Waals surface area contributed by atoms with Crippen molar-refractivity contribution in [3.63, 3.8) is 0 Å². The summed E-state index contributed by atoms with van der Waals surface area (Å²) in [6.45, 7) is 3.53. The topological polar surface area (TPSA) is 97.0 Å². The predicted octanol–water partition coefficient (Wildman–Crippen LogP) is 15.2. The van der Waals surface area contributed by atoms with E-state index in [1.807, 2.05) is 0 Å². The monoisotopic (exact) mass is 1130 g/mol. The Bertz CT molecular complexity index is 2670. The average Bonchev–Trinajstić information content (AvgIpc) is 4.20. The number of carbonyl (C=O) groups excluding carboxylic acids is 3. The van der Waals surface area contributed by atoms with Crippen molar-refractivity contribution in [2.45, 2.75) is 57.1 Å². The number of anilines is 6. The van der Waals surface area contributed by atoms with Gasteiger partial charge in [-0.25, -0.2) is 4.39 Å². The smallest absolute Gasteiger partial charge is 0.371 e. The first kappa shape index (κ1) is 55.9. The molecule has 9 nitrogen and oxygen atoms in total. The summed E-state index contributed by atoms with van der Waals surface area (Å²) < 4.78 is 135. The van der Waals surface area contributed by atoms with Crippen LogP contribution in [0.3, 0.4) is 0 Å². The molecule has 0 bridgehead atoms. The van der Waals surface area contributed by atoms with Gasteiger partial charge in [0.2, 0.25) is 0 Å². The molecule has 3 aliphatic heterocycles. The van der Waals surface area contributed by atoms with E-state index in [1.165, 1.54) is 60.7 Å². The first-order valence-corrected chi connectivity index (χ1v) is 24.8. The molecule has 0 radical (unpaired) electrons. The number of amides is 3. The SMILES string of the molecule is O=C(Nc1cccc(Br)c1)c1ccc(N2CCCC2)c(C(F)(F)F)c1.O=C(Nc1cccc(Cl)c1)c1ccc(N2CCCC2)c(C(F)(F)F)c1.O=C(Nc1cccc(F)c1)c1ccc(N2CCCC2)c(C(F)(F)F)c1. The van der Waals surface area contributed by atoms with E-state index < -0.39 is 58.8 Å². The fraction of sp³-hybridized carbons (Fsp3) is 0.278. The van der Waals surface area contributed by atoms with Gasteiger partial charge in [-0.3, -0.25) is 14.4 Å². The minimum atomic E-state index is -4.56. The van der Waals surface area contributed by atoms with E-state index in [4.69, 9.17) is 11.6 Å². The van der Waals surface area contributed by atoms with Crippen LogP contribution in [0, 0.1) is 5.82 Å². The number of nitrogens with one attached hydrogen (secondary N) is 3. The van der Waals surface area contributed by atoms with E-state index in [2.05, 4.69) is 31.9 Å². The summed E-state index contributed by atoms with van der Waals surface area (Å²) >= 11 is 9.13. The molecule has 3 N–H and O–H groups in total. The number of carbonyl (C=O) groups is 3. The fourth-order valence-electron chi connectivity index (χ4n) is 8.72. The number of halogens is 12. The Hall–Kier alpha value is -6.80. The Morgan fingerprint density at radius 1 is 0.427 bits per heavy atom. The number of hydrogen-bond acceptors (Lipinski definition) is 6. The summed E-state index contributed by atoms with van der Waals surface area (Å²) in [6, 6.07) is 29.5. The lowest BCUT2D eigenvalue weighted by atomic mass is 10.1. The van der Waals surface area contributed by atoms with Crippen molar-refractivity contribution in [3.8, 4) is 0 Å². The Morgan fingerprint density at radius 3 is 1.07 bits per heavy atom. The predicted molar refractivity (Wildman–Crippen MR) is 275 cm³/mol. The van der Waals surface area contributed by atoms with Crippen molar-refractivity contribution < 1.29 is 58.3 Å². The first-order chi connectivity index (χ1) is 35.5. The summed E-state index contributed by atoms with van der Waals surface area (Å²) in [7, 11) is 0. The zero-order valence-corrected chi connectivity index (χ0v) is 42.1. The molecular weight excluding hydrogens is 1090 g/mol. The van der Waals surface area contributed by atoms with Crippen molar-refractivity contribution in [2.24, 2.45) is 0 Å². The molecule has 3 heterocycles. The molecule has 0 atom stereocenters. The summed E-state index contributed by atoms with van der Waals surface area (Å²) in [5, 5.41) is 8.01. The third-order valence-electron chi connectivity index (χ3n) is 12.3. The molecule has 3 saturated heterocycles. The van der Waals surface area contributed by atoms with Crippen LogP contribution in [-0.4, -0.2) is 57.0 Å². The van der Waals surface area contributed by atoms with Crippen LogP contribution in [0.15, 0.2) is 132 Å². The van der Waals surface area contributed by atoms with Crippen LogP contribution in [0.25, 0.3) is 0 Å². The van der Waals surface area contributed by atoms with Crippen LogP contribution in [0.2, 0.25) is 5.02 Å². The van der Waals surface area contributed by atoms with E-state index in [1.54, 1.807) is 57.2 Å². The van der Waals surface area contributed by atoms with Gasteiger partial charge in [-0.2, -0.15) is 39.5 Å². The second-order valence-electron chi connectivity index (χ2n) is 17.7. The number of hydrogen-bond donors (Lipinski definition) is 3. The normalized spacial score (nSPS) is 14.6. The molecule has 0 aliphatic carbocycles. The molecule has 6 aromatic carbocycles. The molecule has 3 fully saturated rings. The average molecular weight is 1130 g/mol. The lowest BCUT2D eigenvalue weighted by molar-refractivity contribution is -0.138. The highest BCUT2D eigenvalue weighted by molar-refractivity contribution is 9.10. The lowest BCUT2D eigenvalue weighted by Gasteiger charge is -2.23. The second kappa shape index (κ2) is 24.3. The Morgan fingerprint density at radius 2 is 0.747 bits per heavy atom. The van der Waals surface area contributed by atoms with Crippen molar-refractivity contribution in [3.05, 3.63) is 176 Å². The minimum absolute atomic E-state index is 0.0183. The molecule has 21 heteroatoms. The Balaban J connectivity index is 0.000000164. The maximum atomic E-state index is 13.5. The van der Waals surface area contributed by atoms with Crippen molar-refractivity contribution in [1.29, 1.82) is 0 Å². The standard InChI is InChI=1S/C18H16BrF3N2O.C18H16ClF3N2O.C18H16F4N2O/c3*19-13-4-3-5-14(11-13)23-17(25)12-6-7-16(24-8-1-2-9-24)15(10-12)18(20,21)22/h3*3-7,10-11H,1-2,8-9H2,(H,23,25). The van der Waals surface area contributed by atoms with Gasteiger partial charge in [-0.15, -0.1) is 0 Å². The molecule has 3 amide bonds. The van der Waals surface area contributed by atoms with Gasteiger partial charge in [0.05, 0.1) is 16.7 Å². The van der Waals surface area contributed by atoms with E-state index in [9.17, 15) is 58.3 Å². The molecular formula is C54H48BrClF10N6O3. The van der Waals surface area contributed by atoms with Gasteiger partial charge < -0.3 is 30.7 Å². The zero-order chi connectivity index (χ0) is 54.1. The van der Waals surface area contributed by atoms with Crippen LogP contribution < -0.4 is 30.7 Å². The third kappa shape index (κ3) is 15.2. The van der Waals surface area contributed by atoms with Gasteiger partial charge >= 0.3 is 18.5 Å². The van der Waals surface area contributed by atoms with E-state index in [0.717, 1.165) is 67.3 Å². The van der Waals surface area contributed by atoms with Gasteiger partial charge in [0, 0.05) is 99.6 Å². The van der Waals surface area contributed by atoms with E-state index >= 15 is 0 Å². The molecule has 0 saturated carbocycles. The maximum absolute atomic E-state index is 13.5. The summed E-state index contributed by atoms with van der Waals surface area (Å²) in [5.74, 6) is -2.44. The minimum Gasteiger partial charge on any atom is -0.371 e. The van der Waals surface area contributed by atoms with Crippen molar-refractivity contribution >= 4 is 79.4 Å². The van der Waals surface area contributed by atoms with Crippen LogP contribution >= 0.6 is 27.5 Å². The number of rotatable bonds is 9. The number of benzene rings is 6. The molecule has 396 valence electrons. The highest BCUT2D eigenvalue weighted by atomic mass is 79.9. The molecule has 6 aromatic rings. The van der Waals surface area contributed by atoms with Crippen LogP contribution in [-0.2, 0) is 18.5 Å².